The highest BCUT2D eigenvalue weighted by atomic mass is 16.5. The van der Waals surface area contributed by atoms with E-state index in [2.05, 4.69) is 10.4 Å². The lowest BCUT2D eigenvalue weighted by Gasteiger charge is -2.05. The van der Waals surface area contributed by atoms with Gasteiger partial charge in [0.15, 0.2) is 11.5 Å². The lowest BCUT2D eigenvalue weighted by atomic mass is 10.1. The largest absolute Gasteiger partial charge is 0.486 e. The van der Waals surface area contributed by atoms with E-state index in [0.717, 1.165) is 12.2 Å². The van der Waals surface area contributed by atoms with Crippen molar-refractivity contribution in [3.63, 3.8) is 0 Å². The van der Waals surface area contributed by atoms with E-state index in [9.17, 15) is 9.59 Å². The Morgan fingerprint density at radius 1 is 1.15 bits per heavy atom. The summed E-state index contributed by atoms with van der Waals surface area (Å²) in [6.07, 6.45) is 1.87. The van der Waals surface area contributed by atoms with Crippen LogP contribution in [0.3, 0.4) is 0 Å². The number of rotatable bonds is 8. The van der Waals surface area contributed by atoms with Crippen LogP contribution >= 0.6 is 0 Å². The second-order valence-electron chi connectivity index (χ2n) is 5.98. The molecule has 0 atom stereocenters. The number of aryl methyl sites for hydroxylation is 1. The van der Waals surface area contributed by atoms with Crippen molar-refractivity contribution in [1.82, 2.24) is 15.1 Å². The molecule has 0 bridgehead atoms. The third-order valence-corrected chi connectivity index (χ3v) is 3.98. The van der Waals surface area contributed by atoms with Gasteiger partial charge in [0.25, 0.3) is 5.91 Å². The molecule has 0 saturated heterocycles. The van der Waals surface area contributed by atoms with Crippen LogP contribution in [0, 0.1) is 0 Å². The molecule has 1 N–H and O–H groups in total. The molecule has 7 nitrogen and oxygen atoms in total. The van der Waals surface area contributed by atoms with Crippen LogP contribution in [0.25, 0.3) is 0 Å². The molecule has 0 fully saturated rings. The molecule has 1 aromatic carbocycles. The molecule has 0 aliphatic rings. The van der Waals surface area contributed by atoms with Gasteiger partial charge in [0.2, 0.25) is 0 Å². The van der Waals surface area contributed by atoms with Gasteiger partial charge in [-0.2, -0.15) is 5.10 Å². The number of ketones is 1. The Hall–Kier alpha value is -3.35. The fourth-order valence-electron chi connectivity index (χ4n) is 2.45. The molecule has 27 heavy (non-hydrogen) atoms. The van der Waals surface area contributed by atoms with Gasteiger partial charge in [0, 0.05) is 18.3 Å². The molecule has 0 unspecified atom stereocenters. The van der Waals surface area contributed by atoms with Gasteiger partial charge in [0.05, 0.1) is 12.2 Å². The molecule has 2 aromatic heterocycles. The number of Topliss-reactive ketones (excluding diaryl/α,β-unsaturated/α-hetero) is 1. The summed E-state index contributed by atoms with van der Waals surface area (Å²) >= 11 is 0. The first-order valence-electron chi connectivity index (χ1n) is 8.68. The molecule has 2 heterocycles. The van der Waals surface area contributed by atoms with Gasteiger partial charge in [-0.05, 0) is 56.3 Å². The van der Waals surface area contributed by atoms with Gasteiger partial charge in [0.1, 0.15) is 18.1 Å². The Bertz CT molecular complexity index is 925. The average Bonchev–Trinajstić information content (AvgIpc) is 3.34. The SMILES string of the molecule is CCn1ccc(CNC(=O)c2ccc(COc3ccc(C(C)=O)cc3)o2)n1. The summed E-state index contributed by atoms with van der Waals surface area (Å²) in [5, 5.41) is 7.09. The van der Waals surface area contributed by atoms with E-state index in [1.807, 2.05) is 19.2 Å². The van der Waals surface area contributed by atoms with Crippen LogP contribution in [-0.4, -0.2) is 21.5 Å². The van der Waals surface area contributed by atoms with E-state index in [0.29, 0.717) is 23.6 Å². The predicted molar refractivity (Wildman–Crippen MR) is 98.6 cm³/mol. The minimum Gasteiger partial charge on any atom is -0.486 e. The quantitative estimate of drug-likeness (QED) is 0.618. The summed E-state index contributed by atoms with van der Waals surface area (Å²) in [7, 11) is 0. The van der Waals surface area contributed by atoms with E-state index >= 15 is 0 Å². The lowest BCUT2D eigenvalue weighted by Crippen LogP contribution is -2.22. The standard InChI is InChI=1S/C20H21N3O4/c1-3-23-11-10-16(22-23)12-21-20(25)19-9-8-18(27-19)13-26-17-6-4-15(5-7-17)14(2)24/h4-11H,3,12-13H2,1-2H3,(H,21,25). The molecule has 0 spiro atoms. The zero-order valence-electron chi connectivity index (χ0n) is 15.3. The molecule has 0 aliphatic carbocycles. The fraction of sp³-hybridized carbons (Fsp3) is 0.250. The van der Waals surface area contributed by atoms with Crippen molar-refractivity contribution in [3.05, 3.63) is 71.4 Å². The Morgan fingerprint density at radius 3 is 2.59 bits per heavy atom. The topological polar surface area (TPSA) is 86.4 Å². The minimum atomic E-state index is -0.307. The second kappa shape index (κ2) is 8.35. The number of aromatic nitrogens is 2. The molecule has 3 aromatic rings. The van der Waals surface area contributed by atoms with Gasteiger partial charge < -0.3 is 14.5 Å². The average molecular weight is 367 g/mol. The minimum absolute atomic E-state index is 0.00435. The summed E-state index contributed by atoms with van der Waals surface area (Å²) in [5.74, 6) is 1.07. The molecule has 0 saturated carbocycles. The molecular formula is C20H21N3O4. The molecule has 140 valence electrons. The number of nitrogens with one attached hydrogen (secondary N) is 1. The van der Waals surface area contributed by atoms with E-state index in [1.54, 1.807) is 41.1 Å². The fourth-order valence-corrected chi connectivity index (χ4v) is 2.45. The number of furan rings is 1. The Kier molecular flexibility index (Phi) is 5.71. The maximum atomic E-state index is 12.2. The van der Waals surface area contributed by atoms with Gasteiger partial charge in [-0.3, -0.25) is 14.3 Å². The van der Waals surface area contributed by atoms with Crippen molar-refractivity contribution < 1.29 is 18.7 Å². The van der Waals surface area contributed by atoms with Gasteiger partial charge in [-0.25, -0.2) is 0 Å². The first-order valence-corrected chi connectivity index (χ1v) is 8.68. The number of hydrogen-bond acceptors (Lipinski definition) is 5. The molecule has 7 heteroatoms. The number of benzene rings is 1. The predicted octanol–water partition coefficient (Wildman–Crippen LogP) is 3.21. The summed E-state index contributed by atoms with van der Waals surface area (Å²) in [5.41, 5.74) is 1.41. The van der Waals surface area contributed by atoms with Crippen LogP contribution < -0.4 is 10.1 Å². The van der Waals surface area contributed by atoms with Crippen LogP contribution in [0.2, 0.25) is 0 Å². The maximum absolute atomic E-state index is 12.2. The van der Waals surface area contributed by atoms with Gasteiger partial charge >= 0.3 is 0 Å². The van der Waals surface area contributed by atoms with Crippen LogP contribution in [0.1, 0.15) is 46.2 Å². The third-order valence-electron chi connectivity index (χ3n) is 3.98. The number of amides is 1. The first-order chi connectivity index (χ1) is 13.0. The van der Waals surface area contributed by atoms with Crippen molar-refractivity contribution >= 4 is 11.7 Å². The van der Waals surface area contributed by atoms with Crippen molar-refractivity contribution in [2.75, 3.05) is 0 Å². The zero-order chi connectivity index (χ0) is 19.2. The molecule has 1 amide bonds. The summed E-state index contributed by atoms with van der Waals surface area (Å²) < 4.78 is 12.9. The highest BCUT2D eigenvalue weighted by Crippen LogP contribution is 2.16. The summed E-state index contributed by atoms with van der Waals surface area (Å²) in [6.45, 7) is 4.82. The van der Waals surface area contributed by atoms with E-state index in [-0.39, 0.29) is 24.1 Å². The molecule has 3 rings (SSSR count). The summed E-state index contributed by atoms with van der Waals surface area (Å²) in [4.78, 5) is 23.4. The summed E-state index contributed by atoms with van der Waals surface area (Å²) in [6, 6.07) is 12.0. The number of nitrogens with zero attached hydrogens (tertiary/aromatic N) is 2. The van der Waals surface area contributed by atoms with Crippen molar-refractivity contribution in [1.29, 1.82) is 0 Å². The van der Waals surface area contributed by atoms with E-state index < -0.39 is 0 Å². The van der Waals surface area contributed by atoms with Crippen LogP contribution in [0.15, 0.2) is 53.1 Å². The number of hydrogen-bond donors (Lipinski definition) is 1. The lowest BCUT2D eigenvalue weighted by molar-refractivity contribution is 0.0918. The van der Waals surface area contributed by atoms with E-state index in [1.165, 1.54) is 6.92 Å². The van der Waals surface area contributed by atoms with E-state index in [4.69, 9.17) is 9.15 Å². The molecule has 0 aliphatic heterocycles. The number of ether oxygens (including phenoxy) is 1. The third kappa shape index (κ3) is 4.84. The van der Waals surface area contributed by atoms with Crippen LogP contribution in [0.5, 0.6) is 5.75 Å². The zero-order valence-corrected chi connectivity index (χ0v) is 15.3. The Morgan fingerprint density at radius 2 is 1.93 bits per heavy atom. The Labute approximate surface area is 156 Å². The second-order valence-corrected chi connectivity index (χ2v) is 5.98. The normalized spacial score (nSPS) is 10.6. The number of carbonyl (C=O) groups excluding carboxylic acids is 2. The maximum Gasteiger partial charge on any atom is 0.287 e. The van der Waals surface area contributed by atoms with Crippen LogP contribution in [0.4, 0.5) is 0 Å². The number of carbonyl (C=O) groups is 2. The smallest absolute Gasteiger partial charge is 0.287 e. The van der Waals surface area contributed by atoms with Gasteiger partial charge in [-0.15, -0.1) is 0 Å². The molecular weight excluding hydrogens is 346 g/mol. The Balaban J connectivity index is 1.51. The van der Waals surface area contributed by atoms with Gasteiger partial charge in [-0.1, -0.05) is 0 Å². The van der Waals surface area contributed by atoms with Crippen LogP contribution in [-0.2, 0) is 19.7 Å². The van der Waals surface area contributed by atoms with Crippen molar-refractivity contribution in [3.8, 4) is 5.75 Å². The highest BCUT2D eigenvalue weighted by molar-refractivity contribution is 5.94. The molecule has 0 radical (unpaired) electrons. The first kappa shape index (κ1) is 18.4. The monoisotopic (exact) mass is 367 g/mol. The highest BCUT2D eigenvalue weighted by Gasteiger charge is 2.12. The van der Waals surface area contributed by atoms with Crippen molar-refractivity contribution in [2.24, 2.45) is 0 Å². The van der Waals surface area contributed by atoms with Crippen molar-refractivity contribution in [2.45, 2.75) is 33.5 Å².